The average Bonchev–Trinajstić information content (AvgIpc) is 3.12. The zero-order chi connectivity index (χ0) is 22.1. The Morgan fingerprint density at radius 2 is 1.67 bits per heavy atom. The van der Waals surface area contributed by atoms with Crippen molar-refractivity contribution < 1.29 is 36.6 Å². The van der Waals surface area contributed by atoms with Crippen molar-refractivity contribution >= 4 is 28.8 Å². The summed E-state index contributed by atoms with van der Waals surface area (Å²) in [5, 5.41) is 11.9. The van der Waals surface area contributed by atoms with E-state index >= 15 is 0 Å². The van der Waals surface area contributed by atoms with Gasteiger partial charge in [-0.1, -0.05) is 30.3 Å². The number of aromatic carboxylic acids is 1. The monoisotopic (exact) mass is 441 g/mol. The van der Waals surface area contributed by atoms with E-state index in [2.05, 4.69) is 5.32 Å². The summed E-state index contributed by atoms with van der Waals surface area (Å²) < 4.78 is 65.6. The number of carboxylic acids is 1. The topological polar surface area (TPSA) is 66.4 Å². The number of ketones is 1. The van der Waals surface area contributed by atoms with Crippen LogP contribution < -0.4 is 5.32 Å². The molecule has 3 rings (SSSR count). The van der Waals surface area contributed by atoms with Crippen molar-refractivity contribution in [3.63, 3.8) is 0 Å². The molecule has 4 nitrogen and oxygen atoms in total. The highest BCUT2D eigenvalue weighted by atomic mass is 32.1. The van der Waals surface area contributed by atoms with Gasteiger partial charge in [0.1, 0.15) is 4.88 Å². The predicted octanol–water partition coefficient (Wildman–Crippen LogP) is 5.71. The lowest BCUT2D eigenvalue weighted by Gasteiger charge is -2.11. The molecule has 0 aliphatic carbocycles. The summed E-state index contributed by atoms with van der Waals surface area (Å²) in [6, 6.07) is 11.1. The average molecular weight is 441 g/mol. The molecule has 0 unspecified atom stereocenters. The minimum atomic E-state index is -5.11. The van der Waals surface area contributed by atoms with Crippen molar-refractivity contribution in [2.24, 2.45) is 0 Å². The van der Waals surface area contributed by atoms with Crippen molar-refractivity contribution in [3.05, 3.63) is 76.2 Å². The second kappa shape index (κ2) is 8.23. The molecular formula is C20H12F5NO3S. The Balaban J connectivity index is 1.84. The largest absolute Gasteiger partial charge is 0.477 e. The van der Waals surface area contributed by atoms with E-state index in [0.29, 0.717) is 10.9 Å². The van der Waals surface area contributed by atoms with Crippen LogP contribution in [0, 0.1) is 11.6 Å². The summed E-state index contributed by atoms with van der Waals surface area (Å²) >= 11 is 0.946. The highest BCUT2D eigenvalue weighted by molar-refractivity contribution is 7.18. The number of alkyl halides is 3. The van der Waals surface area contributed by atoms with Crippen LogP contribution in [0.4, 0.5) is 27.6 Å². The molecule has 0 spiro atoms. The maximum absolute atomic E-state index is 14.0. The highest BCUT2D eigenvalue weighted by Crippen LogP contribution is 2.35. The lowest BCUT2D eigenvalue weighted by molar-refractivity contribution is -0.140. The van der Waals surface area contributed by atoms with E-state index in [1.807, 2.05) is 0 Å². The maximum atomic E-state index is 14.0. The lowest BCUT2D eigenvalue weighted by atomic mass is 10.1. The van der Waals surface area contributed by atoms with E-state index in [1.165, 1.54) is 6.07 Å². The number of thiophene rings is 1. The van der Waals surface area contributed by atoms with E-state index in [9.17, 15) is 36.6 Å². The number of nitrogens with one attached hydrogen (secondary N) is 1. The van der Waals surface area contributed by atoms with Crippen LogP contribution in [0.15, 0.2) is 48.5 Å². The molecule has 0 aliphatic heterocycles. The number of carboxylic acid groups (broad SMARTS) is 1. The molecule has 0 bridgehead atoms. The normalized spacial score (nSPS) is 11.4. The fourth-order valence-electron chi connectivity index (χ4n) is 2.68. The molecule has 2 aromatic carbocycles. The van der Waals surface area contributed by atoms with Gasteiger partial charge in [-0.25, -0.2) is 13.6 Å². The van der Waals surface area contributed by atoms with Crippen LogP contribution in [0.25, 0.3) is 10.4 Å². The summed E-state index contributed by atoms with van der Waals surface area (Å²) in [7, 11) is 0. The third kappa shape index (κ3) is 4.33. The summed E-state index contributed by atoms with van der Waals surface area (Å²) in [6.45, 7) is -0.646. The number of hydrogen-bond donors (Lipinski definition) is 2. The van der Waals surface area contributed by atoms with Gasteiger partial charge >= 0.3 is 12.1 Å². The summed E-state index contributed by atoms with van der Waals surface area (Å²) in [6.07, 6.45) is -5.11. The fourth-order valence-corrected chi connectivity index (χ4v) is 3.66. The molecule has 0 fully saturated rings. The van der Waals surface area contributed by atoms with Gasteiger partial charge in [-0.15, -0.1) is 11.3 Å². The van der Waals surface area contributed by atoms with E-state index in [0.717, 1.165) is 16.9 Å². The molecule has 0 saturated heterocycles. The van der Waals surface area contributed by atoms with Crippen LogP contribution >= 0.6 is 11.3 Å². The first-order valence-corrected chi connectivity index (χ1v) is 9.16. The van der Waals surface area contributed by atoms with Gasteiger partial charge in [0.25, 0.3) is 0 Å². The van der Waals surface area contributed by atoms with Gasteiger partial charge in [-0.3, -0.25) is 4.79 Å². The Morgan fingerprint density at radius 1 is 1.00 bits per heavy atom. The van der Waals surface area contributed by atoms with Gasteiger partial charge in [0, 0.05) is 4.88 Å². The molecule has 0 saturated carbocycles. The molecule has 2 N–H and O–H groups in total. The Labute approximate surface area is 170 Å². The second-order valence-electron chi connectivity index (χ2n) is 6.09. The zero-order valence-corrected chi connectivity index (χ0v) is 15.7. The molecule has 0 aliphatic rings. The SMILES string of the molecule is O=C(CNc1cc(-c2ccccc2)sc1C(=O)O)c1ccc(C(F)(F)F)c(F)c1F. The molecule has 10 heteroatoms. The number of rotatable bonds is 6. The molecule has 156 valence electrons. The van der Waals surface area contributed by atoms with Crippen LogP contribution in [0.2, 0.25) is 0 Å². The van der Waals surface area contributed by atoms with Gasteiger partial charge in [-0.05, 0) is 23.8 Å². The van der Waals surface area contributed by atoms with Crippen LogP contribution in [0.3, 0.4) is 0 Å². The van der Waals surface area contributed by atoms with Crippen LogP contribution in [0.1, 0.15) is 25.6 Å². The summed E-state index contributed by atoms with van der Waals surface area (Å²) in [4.78, 5) is 24.2. The van der Waals surface area contributed by atoms with Gasteiger partial charge in [0.2, 0.25) is 0 Å². The first-order chi connectivity index (χ1) is 14.1. The minimum Gasteiger partial charge on any atom is -0.477 e. The second-order valence-corrected chi connectivity index (χ2v) is 7.14. The minimum absolute atomic E-state index is 0.0764. The third-order valence-corrected chi connectivity index (χ3v) is 5.28. The predicted molar refractivity (Wildman–Crippen MR) is 101 cm³/mol. The van der Waals surface area contributed by atoms with Crippen LogP contribution in [-0.4, -0.2) is 23.4 Å². The number of benzene rings is 2. The molecule has 30 heavy (non-hydrogen) atoms. The summed E-state index contributed by atoms with van der Waals surface area (Å²) in [5.74, 6) is -6.38. The molecule has 0 atom stereocenters. The molecule has 1 aromatic heterocycles. The number of hydrogen-bond acceptors (Lipinski definition) is 4. The van der Waals surface area contributed by atoms with Crippen molar-refractivity contribution in [3.8, 4) is 10.4 Å². The number of Topliss-reactive ketones (excluding diaryl/α,β-unsaturated/α-hetero) is 1. The fraction of sp³-hybridized carbons (Fsp3) is 0.100. The number of carbonyl (C=O) groups excluding carboxylic acids is 1. The molecule has 1 heterocycles. The van der Waals surface area contributed by atoms with Gasteiger partial charge in [0.15, 0.2) is 17.4 Å². The Kier molecular flexibility index (Phi) is 5.88. The standard InChI is InChI=1S/C20H12F5NO3S/c21-16-11(6-7-12(17(16)22)20(23,24)25)14(27)9-26-13-8-15(30-18(13)19(28)29)10-4-2-1-3-5-10/h1-8,26H,9H2,(H,28,29). The van der Waals surface area contributed by atoms with Gasteiger partial charge in [0.05, 0.1) is 23.4 Å². The Bertz CT molecular complexity index is 1110. The van der Waals surface area contributed by atoms with E-state index in [-0.39, 0.29) is 16.6 Å². The van der Waals surface area contributed by atoms with Crippen LogP contribution in [0.5, 0.6) is 0 Å². The van der Waals surface area contributed by atoms with Crippen molar-refractivity contribution in [2.75, 3.05) is 11.9 Å². The molecular weight excluding hydrogens is 429 g/mol. The Morgan fingerprint density at radius 3 is 2.27 bits per heavy atom. The molecule has 0 radical (unpaired) electrons. The quantitative estimate of drug-likeness (QED) is 0.380. The van der Waals surface area contributed by atoms with E-state index in [4.69, 9.17) is 0 Å². The first-order valence-electron chi connectivity index (χ1n) is 8.34. The maximum Gasteiger partial charge on any atom is 0.419 e. The molecule has 0 amide bonds. The number of carbonyl (C=O) groups is 2. The zero-order valence-electron chi connectivity index (χ0n) is 14.9. The smallest absolute Gasteiger partial charge is 0.419 e. The lowest BCUT2D eigenvalue weighted by Crippen LogP contribution is -2.18. The van der Waals surface area contributed by atoms with Gasteiger partial charge < -0.3 is 10.4 Å². The third-order valence-electron chi connectivity index (χ3n) is 4.11. The number of halogens is 5. The van der Waals surface area contributed by atoms with Crippen molar-refractivity contribution in [1.82, 2.24) is 0 Å². The Hall–Kier alpha value is -3.27. The van der Waals surface area contributed by atoms with Crippen molar-refractivity contribution in [1.29, 1.82) is 0 Å². The molecule has 3 aromatic rings. The number of anilines is 1. The van der Waals surface area contributed by atoms with Crippen molar-refractivity contribution in [2.45, 2.75) is 6.18 Å². The van der Waals surface area contributed by atoms with E-state index in [1.54, 1.807) is 30.3 Å². The summed E-state index contributed by atoms with van der Waals surface area (Å²) in [5.41, 5.74) is -1.88. The van der Waals surface area contributed by atoms with Gasteiger partial charge in [-0.2, -0.15) is 13.2 Å². The highest BCUT2D eigenvalue weighted by Gasteiger charge is 2.36. The first kappa shape index (κ1) is 21.4. The van der Waals surface area contributed by atoms with Crippen LogP contribution in [-0.2, 0) is 6.18 Å². The van der Waals surface area contributed by atoms with E-state index < -0.39 is 47.2 Å².